The average molecular weight is 424 g/mol. The van der Waals surface area contributed by atoms with Gasteiger partial charge in [-0.25, -0.2) is 4.79 Å². The molecule has 9 heteroatoms. The third-order valence-electron chi connectivity index (χ3n) is 5.03. The van der Waals surface area contributed by atoms with Crippen molar-refractivity contribution in [2.45, 2.75) is 18.6 Å². The van der Waals surface area contributed by atoms with Crippen molar-refractivity contribution in [1.82, 2.24) is 9.88 Å². The molecule has 5 nitrogen and oxygen atoms in total. The number of urea groups is 1. The summed E-state index contributed by atoms with van der Waals surface area (Å²) in [5, 5.41) is 3.39. The van der Waals surface area contributed by atoms with Crippen LogP contribution in [-0.2, 0) is 6.42 Å². The van der Waals surface area contributed by atoms with Gasteiger partial charge in [-0.1, -0.05) is 35.9 Å². The lowest BCUT2D eigenvalue weighted by Crippen LogP contribution is -2.48. The zero-order valence-electron chi connectivity index (χ0n) is 15.3. The Kier molecular flexibility index (Phi) is 4.82. The summed E-state index contributed by atoms with van der Waals surface area (Å²) in [4.78, 5) is 16.5. The third kappa shape index (κ3) is 3.37. The predicted octanol–water partition coefficient (Wildman–Crippen LogP) is 5.52. The number of nitrogens with one attached hydrogen (secondary N) is 2. The summed E-state index contributed by atoms with van der Waals surface area (Å²) in [5.74, 6) is 0.262. The Morgan fingerprint density at radius 1 is 1.24 bits per heavy atom. The van der Waals surface area contributed by atoms with Gasteiger partial charge in [-0.2, -0.15) is 13.2 Å². The minimum absolute atomic E-state index is 0.00813. The van der Waals surface area contributed by atoms with Crippen LogP contribution in [0.4, 0.5) is 23.7 Å². The summed E-state index contributed by atoms with van der Waals surface area (Å²) in [7, 11) is 1.39. The number of carbonyl (C=O) groups is 1. The van der Waals surface area contributed by atoms with E-state index in [4.69, 9.17) is 16.3 Å². The Morgan fingerprint density at radius 2 is 2.00 bits per heavy atom. The fraction of sp³-hybridized carbons (Fsp3) is 0.250. The zero-order chi connectivity index (χ0) is 20.8. The number of hydrogen-bond donors (Lipinski definition) is 2. The molecular weight excluding hydrogens is 407 g/mol. The Hall–Kier alpha value is -2.87. The molecular formula is C20H17ClF3N3O2. The highest BCUT2D eigenvalue weighted by atomic mass is 35.5. The monoisotopic (exact) mass is 423 g/mol. The molecule has 0 unspecified atom stereocenters. The number of rotatable bonds is 2. The van der Waals surface area contributed by atoms with E-state index in [0.717, 1.165) is 10.3 Å². The normalized spacial score (nSPS) is 16.6. The molecule has 152 valence electrons. The number of anilines is 1. The Morgan fingerprint density at radius 3 is 2.72 bits per heavy atom. The van der Waals surface area contributed by atoms with Crippen LogP contribution < -0.4 is 10.1 Å². The largest absolute Gasteiger partial charge is 0.495 e. The van der Waals surface area contributed by atoms with E-state index in [0.29, 0.717) is 17.5 Å². The van der Waals surface area contributed by atoms with E-state index in [1.807, 2.05) is 0 Å². The number of fused-ring (bicyclic) bond motifs is 3. The lowest BCUT2D eigenvalue weighted by atomic mass is 9.97. The molecule has 1 aliphatic rings. The molecule has 0 saturated heterocycles. The molecule has 1 aliphatic heterocycles. The molecule has 4 rings (SSSR count). The highest BCUT2D eigenvalue weighted by molar-refractivity contribution is 6.34. The molecule has 0 bridgehead atoms. The first kappa shape index (κ1) is 19.4. The molecule has 2 N–H and O–H groups in total. The Bertz CT molecular complexity index is 1080. The van der Waals surface area contributed by atoms with E-state index in [1.54, 1.807) is 36.4 Å². The molecule has 2 aromatic carbocycles. The number of nitrogens with zero attached hydrogens (tertiary/aromatic N) is 1. The zero-order valence-corrected chi connectivity index (χ0v) is 16.1. The number of para-hydroxylation sites is 2. The summed E-state index contributed by atoms with van der Waals surface area (Å²) >= 11 is 6.11. The highest BCUT2D eigenvalue weighted by Gasteiger charge is 2.50. The van der Waals surface area contributed by atoms with Crippen LogP contribution in [0.2, 0.25) is 5.02 Å². The second-order valence-corrected chi connectivity index (χ2v) is 7.10. The first-order chi connectivity index (χ1) is 13.8. The average Bonchev–Trinajstić information content (AvgIpc) is 3.06. The number of aromatic amines is 1. The summed E-state index contributed by atoms with van der Waals surface area (Å²) < 4.78 is 47.2. The second kappa shape index (κ2) is 7.18. The topological polar surface area (TPSA) is 57.4 Å². The van der Waals surface area contributed by atoms with Crippen LogP contribution in [0, 0.1) is 0 Å². The van der Waals surface area contributed by atoms with Crippen molar-refractivity contribution >= 4 is 34.2 Å². The number of amides is 2. The molecule has 0 spiro atoms. The maximum atomic E-state index is 14.0. The Balaban J connectivity index is 1.73. The lowest BCUT2D eigenvalue weighted by molar-refractivity contribution is -0.180. The summed E-state index contributed by atoms with van der Waals surface area (Å²) in [6.07, 6.45) is -4.35. The van der Waals surface area contributed by atoms with Gasteiger partial charge >= 0.3 is 12.2 Å². The molecule has 29 heavy (non-hydrogen) atoms. The maximum absolute atomic E-state index is 14.0. The van der Waals surface area contributed by atoms with Crippen molar-refractivity contribution in [3.63, 3.8) is 0 Å². The van der Waals surface area contributed by atoms with Crippen LogP contribution in [0.1, 0.15) is 17.3 Å². The van der Waals surface area contributed by atoms with Crippen molar-refractivity contribution in [2.75, 3.05) is 19.0 Å². The molecule has 0 saturated carbocycles. The van der Waals surface area contributed by atoms with Gasteiger partial charge < -0.3 is 19.9 Å². The smallest absolute Gasteiger partial charge is 0.414 e. The molecule has 1 atom stereocenters. The number of H-pyrrole nitrogens is 1. The number of benzene rings is 2. The van der Waals surface area contributed by atoms with Gasteiger partial charge in [-0.05, 0) is 30.2 Å². The van der Waals surface area contributed by atoms with Crippen LogP contribution >= 0.6 is 11.6 Å². The predicted molar refractivity (Wildman–Crippen MR) is 105 cm³/mol. The molecule has 2 heterocycles. The fourth-order valence-corrected chi connectivity index (χ4v) is 3.99. The number of aromatic nitrogens is 1. The van der Waals surface area contributed by atoms with E-state index >= 15 is 0 Å². The molecule has 2 amide bonds. The molecule has 3 aromatic rings. The van der Waals surface area contributed by atoms with Crippen molar-refractivity contribution in [2.24, 2.45) is 0 Å². The maximum Gasteiger partial charge on any atom is 0.414 e. The minimum atomic E-state index is -4.65. The van der Waals surface area contributed by atoms with E-state index in [1.165, 1.54) is 13.2 Å². The number of halogens is 4. The van der Waals surface area contributed by atoms with Gasteiger partial charge in [-0.3, -0.25) is 0 Å². The van der Waals surface area contributed by atoms with Gasteiger partial charge in [0.25, 0.3) is 0 Å². The Labute approximate surface area is 169 Å². The van der Waals surface area contributed by atoms with E-state index < -0.39 is 18.2 Å². The van der Waals surface area contributed by atoms with Crippen molar-refractivity contribution in [1.29, 1.82) is 0 Å². The minimum Gasteiger partial charge on any atom is -0.495 e. The second-order valence-electron chi connectivity index (χ2n) is 6.70. The van der Waals surface area contributed by atoms with Crippen LogP contribution in [0.5, 0.6) is 5.75 Å². The van der Waals surface area contributed by atoms with Crippen molar-refractivity contribution in [3.8, 4) is 5.75 Å². The first-order valence-electron chi connectivity index (χ1n) is 8.87. The van der Waals surface area contributed by atoms with E-state index in [-0.39, 0.29) is 28.7 Å². The van der Waals surface area contributed by atoms with Gasteiger partial charge in [0.2, 0.25) is 0 Å². The summed E-state index contributed by atoms with van der Waals surface area (Å²) in [6, 6.07) is 8.75. The standard InChI is InChI=1S/C20H17ClF3N3O2/c1-29-15-8-4-6-13(21)17(15)26-19(28)27-10-9-12-11-5-2-3-7-14(11)25-16(12)18(27)20(22,23)24/h2-8,18,25H,9-10H2,1H3,(H,26,28)/t18-/m0/s1. The summed E-state index contributed by atoms with van der Waals surface area (Å²) in [5.41, 5.74) is 1.32. The first-order valence-corrected chi connectivity index (χ1v) is 9.25. The third-order valence-corrected chi connectivity index (χ3v) is 5.35. The SMILES string of the molecule is COc1cccc(Cl)c1NC(=O)N1CCc2c([nH]c3ccccc23)[C@H]1C(F)(F)F. The number of ether oxygens (including phenoxy) is 1. The molecule has 1 aromatic heterocycles. The van der Waals surface area contributed by atoms with E-state index in [9.17, 15) is 18.0 Å². The number of methoxy groups -OCH3 is 1. The van der Waals surface area contributed by atoms with Crippen molar-refractivity contribution < 1.29 is 22.7 Å². The fourth-order valence-electron chi connectivity index (χ4n) is 3.77. The van der Waals surface area contributed by atoms with Gasteiger partial charge in [0, 0.05) is 17.4 Å². The van der Waals surface area contributed by atoms with Gasteiger partial charge in [-0.15, -0.1) is 0 Å². The molecule has 0 aliphatic carbocycles. The highest BCUT2D eigenvalue weighted by Crippen LogP contribution is 2.44. The van der Waals surface area contributed by atoms with Crippen LogP contribution in [0.25, 0.3) is 10.9 Å². The summed E-state index contributed by atoms with van der Waals surface area (Å²) in [6.45, 7) is -0.0857. The number of carbonyl (C=O) groups excluding carboxylic acids is 1. The van der Waals surface area contributed by atoms with Gasteiger partial charge in [0.15, 0.2) is 6.04 Å². The van der Waals surface area contributed by atoms with E-state index in [2.05, 4.69) is 10.3 Å². The van der Waals surface area contributed by atoms with Crippen LogP contribution in [0.3, 0.4) is 0 Å². The molecule has 0 radical (unpaired) electrons. The van der Waals surface area contributed by atoms with Crippen LogP contribution in [-0.4, -0.2) is 35.7 Å². The molecule has 0 fully saturated rings. The lowest BCUT2D eigenvalue weighted by Gasteiger charge is -2.36. The number of hydrogen-bond acceptors (Lipinski definition) is 2. The van der Waals surface area contributed by atoms with Gasteiger partial charge in [0.1, 0.15) is 11.4 Å². The van der Waals surface area contributed by atoms with Crippen LogP contribution in [0.15, 0.2) is 42.5 Å². The quantitative estimate of drug-likeness (QED) is 0.570. The number of alkyl halides is 3. The van der Waals surface area contributed by atoms with Crippen molar-refractivity contribution in [3.05, 3.63) is 58.7 Å². The van der Waals surface area contributed by atoms with Gasteiger partial charge in [0.05, 0.1) is 17.8 Å².